The maximum Gasteiger partial charge on any atom is 0.289 e. The molecule has 2 fully saturated rings. The van der Waals surface area contributed by atoms with Gasteiger partial charge in [-0.3, -0.25) is 29.8 Å². The SMILES string of the molecule is CC(C)[C@H]1N[C@]2(C(=O)Nc3ccccc32)[C@@H]2C(=O)N(c3ccc(Cl)c([N+](=O)[O-])c3)C(=O)[C@H]12. The minimum absolute atomic E-state index is 0.0568. The summed E-state index contributed by atoms with van der Waals surface area (Å²) in [5.41, 5.74) is -0.521. The van der Waals surface area contributed by atoms with Gasteiger partial charge in [0.05, 0.1) is 22.4 Å². The van der Waals surface area contributed by atoms with Gasteiger partial charge in [-0.15, -0.1) is 0 Å². The molecular weight excluding hydrogens is 436 g/mol. The van der Waals surface area contributed by atoms with Crippen molar-refractivity contribution >= 4 is 46.4 Å². The van der Waals surface area contributed by atoms with E-state index < -0.39 is 45.8 Å². The molecule has 3 amide bonds. The maximum atomic E-state index is 13.7. The molecule has 32 heavy (non-hydrogen) atoms. The highest BCUT2D eigenvalue weighted by molar-refractivity contribution is 6.33. The van der Waals surface area contributed by atoms with Crippen molar-refractivity contribution in [3.05, 3.63) is 63.2 Å². The lowest BCUT2D eigenvalue weighted by atomic mass is 9.76. The molecule has 3 heterocycles. The van der Waals surface area contributed by atoms with E-state index in [1.165, 1.54) is 12.1 Å². The summed E-state index contributed by atoms with van der Waals surface area (Å²) in [6, 6.07) is 10.4. The second-order valence-corrected chi connectivity index (χ2v) is 9.04. The summed E-state index contributed by atoms with van der Waals surface area (Å²) in [6.07, 6.45) is 0. The van der Waals surface area contributed by atoms with Crippen LogP contribution in [0.2, 0.25) is 5.02 Å². The topological polar surface area (TPSA) is 122 Å². The highest BCUT2D eigenvalue weighted by Crippen LogP contribution is 2.54. The largest absolute Gasteiger partial charge is 0.324 e. The minimum Gasteiger partial charge on any atom is -0.324 e. The molecular formula is C22H19ClN4O5. The molecule has 164 valence electrons. The molecule has 0 unspecified atom stereocenters. The number of amides is 3. The van der Waals surface area contributed by atoms with Crippen molar-refractivity contribution in [2.75, 3.05) is 10.2 Å². The predicted molar refractivity (Wildman–Crippen MR) is 116 cm³/mol. The number of nitro groups is 1. The molecule has 0 saturated carbocycles. The third-order valence-corrected chi connectivity index (χ3v) is 6.98. The van der Waals surface area contributed by atoms with Crippen LogP contribution in [0, 0.1) is 27.9 Å². The number of fused-ring (bicyclic) bond motifs is 4. The molecule has 0 bridgehead atoms. The first-order valence-electron chi connectivity index (χ1n) is 10.2. The number of carbonyl (C=O) groups is 3. The highest BCUT2D eigenvalue weighted by atomic mass is 35.5. The van der Waals surface area contributed by atoms with E-state index >= 15 is 0 Å². The van der Waals surface area contributed by atoms with Crippen LogP contribution in [-0.2, 0) is 19.9 Å². The molecule has 9 nitrogen and oxygen atoms in total. The van der Waals surface area contributed by atoms with Crippen molar-refractivity contribution in [1.29, 1.82) is 0 Å². The van der Waals surface area contributed by atoms with E-state index in [1.54, 1.807) is 24.3 Å². The van der Waals surface area contributed by atoms with Crippen LogP contribution < -0.4 is 15.5 Å². The van der Waals surface area contributed by atoms with Gasteiger partial charge < -0.3 is 5.32 Å². The number of hydrogen-bond acceptors (Lipinski definition) is 6. The second kappa shape index (κ2) is 6.85. The summed E-state index contributed by atoms with van der Waals surface area (Å²) in [5.74, 6) is -3.29. The lowest BCUT2D eigenvalue weighted by Crippen LogP contribution is -2.54. The molecule has 2 saturated heterocycles. The fraction of sp³-hybridized carbons (Fsp3) is 0.318. The number of nitrogens with one attached hydrogen (secondary N) is 2. The number of halogens is 1. The zero-order chi connectivity index (χ0) is 22.9. The molecule has 2 aromatic rings. The number of benzene rings is 2. The number of nitro benzene ring substituents is 1. The van der Waals surface area contributed by atoms with Gasteiger partial charge >= 0.3 is 0 Å². The van der Waals surface area contributed by atoms with E-state index in [0.717, 1.165) is 11.0 Å². The smallest absolute Gasteiger partial charge is 0.289 e. The van der Waals surface area contributed by atoms with E-state index in [2.05, 4.69) is 10.6 Å². The molecule has 3 aliphatic rings. The summed E-state index contributed by atoms with van der Waals surface area (Å²) < 4.78 is 0. The number of nitrogens with zero attached hydrogens (tertiary/aromatic N) is 2. The van der Waals surface area contributed by atoms with Crippen molar-refractivity contribution in [1.82, 2.24) is 5.32 Å². The Morgan fingerprint density at radius 1 is 1.12 bits per heavy atom. The van der Waals surface area contributed by atoms with Gasteiger partial charge in [-0.1, -0.05) is 43.6 Å². The third kappa shape index (κ3) is 2.52. The molecule has 2 N–H and O–H groups in total. The monoisotopic (exact) mass is 454 g/mol. The molecule has 1 spiro atoms. The lowest BCUT2D eigenvalue weighted by molar-refractivity contribution is -0.384. The molecule has 0 radical (unpaired) electrons. The van der Waals surface area contributed by atoms with Gasteiger partial charge in [-0.2, -0.15) is 0 Å². The number of carbonyl (C=O) groups excluding carboxylic acids is 3. The van der Waals surface area contributed by atoms with Crippen molar-refractivity contribution in [2.24, 2.45) is 17.8 Å². The van der Waals surface area contributed by atoms with Crippen molar-refractivity contribution in [3.63, 3.8) is 0 Å². The number of rotatable bonds is 3. The Hall–Kier alpha value is -3.30. The number of anilines is 2. The second-order valence-electron chi connectivity index (χ2n) is 8.63. The summed E-state index contributed by atoms with van der Waals surface area (Å²) in [5, 5.41) is 17.4. The van der Waals surface area contributed by atoms with E-state index in [1.807, 2.05) is 13.8 Å². The average molecular weight is 455 g/mol. The van der Waals surface area contributed by atoms with Crippen LogP contribution in [0.15, 0.2) is 42.5 Å². The molecule has 0 aliphatic carbocycles. The highest BCUT2D eigenvalue weighted by Gasteiger charge is 2.71. The summed E-state index contributed by atoms with van der Waals surface area (Å²) in [7, 11) is 0. The summed E-state index contributed by atoms with van der Waals surface area (Å²) >= 11 is 5.91. The quantitative estimate of drug-likeness (QED) is 0.418. The summed E-state index contributed by atoms with van der Waals surface area (Å²) in [6.45, 7) is 3.83. The first-order valence-corrected chi connectivity index (χ1v) is 10.6. The van der Waals surface area contributed by atoms with Crippen LogP contribution in [0.4, 0.5) is 17.1 Å². The van der Waals surface area contributed by atoms with Crippen LogP contribution in [0.25, 0.3) is 0 Å². The van der Waals surface area contributed by atoms with Crippen molar-refractivity contribution in [3.8, 4) is 0 Å². The molecule has 3 aliphatic heterocycles. The molecule has 2 aromatic carbocycles. The van der Waals surface area contributed by atoms with Crippen molar-refractivity contribution in [2.45, 2.75) is 25.4 Å². The zero-order valence-corrected chi connectivity index (χ0v) is 17.9. The Morgan fingerprint density at radius 3 is 2.53 bits per heavy atom. The Labute approximate surface area is 187 Å². The lowest BCUT2D eigenvalue weighted by Gasteiger charge is -2.30. The fourth-order valence-corrected chi connectivity index (χ4v) is 5.48. The summed E-state index contributed by atoms with van der Waals surface area (Å²) in [4.78, 5) is 52.2. The van der Waals surface area contributed by atoms with Crippen LogP contribution in [-0.4, -0.2) is 28.7 Å². The van der Waals surface area contributed by atoms with E-state index in [0.29, 0.717) is 11.3 Å². The van der Waals surface area contributed by atoms with Crippen LogP contribution in [0.1, 0.15) is 19.4 Å². The minimum atomic E-state index is -1.39. The predicted octanol–water partition coefficient (Wildman–Crippen LogP) is 2.83. The Bertz CT molecular complexity index is 1210. The average Bonchev–Trinajstić information content (AvgIpc) is 3.34. The number of hydrogen-bond donors (Lipinski definition) is 2. The fourth-order valence-electron chi connectivity index (χ4n) is 5.30. The van der Waals surface area contributed by atoms with Crippen LogP contribution >= 0.6 is 11.6 Å². The van der Waals surface area contributed by atoms with Gasteiger partial charge in [0, 0.05) is 23.4 Å². The van der Waals surface area contributed by atoms with Crippen LogP contribution in [0.3, 0.4) is 0 Å². The van der Waals surface area contributed by atoms with Gasteiger partial charge in [0.25, 0.3) is 5.69 Å². The Morgan fingerprint density at radius 2 is 1.84 bits per heavy atom. The zero-order valence-electron chi connectivity index (χ0n) is 17.2. The van der Waals surface area contributed by atoms with E-state index in [-0.39, 0.29) is 22.5 Å². The number of para-hydroxylation sites is 1. The van der Waals surface area contributed by atoms with E-state index in [4.69, 9.17) is 11.6 Å². The number of imide groups is 1. The standard InChI is InChI=1S/C22H19ClN4O5/c1-10(2)18-16-17(22(25-18)12-5-3-4-6-14(12)24-21(22)30)20(29)26(19(16)28)11-7-8-13(23)15(9-11)27(31)32/h3-10,16-18,25H,1-2H3,(H,24,30)/t16-,17-,18+,22-/m0/s1. The molecule has 5 rings (SSSR count). The van der Waals surface area contributed by atoms with Gasteiger partial charge in [-0.25, -0.2) is 4.90 Å². The Kier molecular flexibility index (Phi) is 4.41. The van der Waals surface area contributed by atoms with E-state index in [9.17, 15) is 24.5 Å². The van der Waals surface area contributed by atoms with Crippen molar-refractivity contribution < 1.29 is 19.3 Å². The molecule has 0 aromatic heterocycles. The first-order chi connectivity index (χ1) is 15.2. The van der Waals surface area contributed by atoms with Gasteiger partial charge in [-0.05, 0) is 24.1 Å². The van der Waals surface area contributed by atoms with Gasteiger partial charge in [0.2, 0.25) is 17.7 Å². The molecule has 10 heteroatoms. The van der Waals surface area contributed by atoms with Gasteiger partial charge in [0.15, 0.2) is 0 Å². The third-order valence-electron chi connectivity index (χ3n) is 6.66. The van der Waals surface area contributed by atoms with Crippen LogP contribution in [0.5, 0.6) is 0 Å². The molecule has 4 atom stereocenters. The van der Waals surface area contributed by atoms with Gasteiger partial charge in [0.1, 0.15) is 10.6 Å². The first kappa shape index (κ1) is 20.6. The normalized spacial score (nSPS) is 28.4. The Balaban J connectivity index is 1.68. The maximum absolute atomic E-state index is 13.7.